The van der Waals surface area contributed by atoms with Crippen molar-refractivity contribution in [2.75, 3.05) is 18.0 Å². The van der Waals surface area contributed by atoms with Crippen LogP contribution in [0, 0.1) is 11.8 Å². The Morgan fingerprint density at radius 2 is 2.07 bits per heavy atom. The third-order valence-corrected chi connectivity index (χ3v) is 5.50. The topological polar surface area (TPSA) is 97.5 Å². The summed E-state index contributed by atoms with van der Waals surface area (Å²) in [6.07, 6.45) is 4.90. The highest BCUT2D eigenvalue weighted by Gasteiger charge is 2.23. The second kappa shape index (κ2) is 7.44. The van der Waals surface area contributed by atoms with Crippen molar-refractivity contribution in [1.29, 1.82) is 0 Å². The third-order valence-electron chi connectivity index (χ3n) is 4.56. The Balaban J connectivity index is 1.86. The summed E-state index contributed by atoms with van der Waals surface area (Å²) in [5.41, 5.74) is 0.789. The first-order valence-electron chi connectivity index (χ1n) is 8.84. The van der Waals surface area contributed by atoms with Crippen molar-refractivity contribution in [2.45, 2.75) is 43.0 Å². The van der Waals surface area contributed by atoms with Crippen molar-refractivity contribution < 1.29 is 0 Å². The normalized spacial score (nSPS) is 14.4. The van der Waals surface area contributed by atoms with E-state index in [4.69, 9.17) is 4.98 Å². The lowest BCUT2D eigenvalue weighted by atomic mass is 10.1. The van der Waals surface area contributed by atoms with Crippen molar-refractivity contribution >= 4 is 28.9 Å². The van der Waals surface area contributed by atoms with Crippen LogP contribution in [0.1, 0.15) is 26.2 Å². The van der Waals surface area contributed by atoms with Gasteiger partial charge in [0.2, 0.25) is 5.95 Å². The molecule has 140 valence electrons. The number of hydrogen-bond donors (Lipinski definition) is 1. The Hall–Kier alpha value is -2.80. The number of hydrogen-bond acceptors (Lipinski definition) is 7. The minimum absolute atomic E-state index is 0.143. The van der Waals surface area contributed by atoms with Crippen molar-refractivity contribution in [3.8, 4) is 11.8 Å². The summed E-state index contributed by atoms with van der Waals surface area (Å²) in [5, 5.41) is 7.69. The fourth-order valence-electron chi connectivity index (χ4n) is 3.19. The molecular formula is C17H20N8OS. The van der Waals surface area contributed by atoms with E-state index in [1.54, 1.807) is 14.0 Å². The third kappa shape index (κ3) is 3.30. The van der Waals surface area contributed by atoms with Gasteiger partial charge in [-0.05, 0) is 37.9 Å². The lowest BCUT2D eigenvalue weighted by Crippen LogP contribution is -2.32. The van der Waals surface area contributed by atoms with Crippen molar-refractivity contribution in [1.82, 2.24) is 34.3 Å². The Labute approximate surface area is 160 Å². The summed E-state index contributed by atoms with van der Waals surface area (Å²) < 4.78 is 3.42. The van der Waals surface area contributed by atoms with Crippen LogP contribution in [0.2, 0.25) is 0 Å². The number of nitrogens with one attached hydrogen (secondary N) is 1. The van der Waals surface area contributed by atoms with Crippen LogP contribution in [0.25, 0.3) is 11.2 Å². The molecule has 0 amide bonds. The maximum absolute atomic E-state index is 13.1. The second-order valence-electron chi connectivity index (χ2n) is 6.30. The van der Waals surface area contributed by atoms with Crippen LogP contribution >= 0.6 is 11.8 Å². The molecule has 0 aromatic carbocycles. The molecule has 4 rings (SSSR count). The van der Waals surface area contributed by atoms with Gasteiger partial charge in [-0.3, -0.25) is 19.0 Å². The van der Waals surface area contributed by atoms with Crippen LogP contribution in [-0.2, 0) is 13.6 Å². The average Bonchev–Trinajstić information content (AvgIpc) is 3.32. The number of aromatic amines is 1. The molecule has 3 aromatic rings. The number of rotatable bonds is 4. The molecule has 0 unspecified atom stereocenters. The maximum atomic E-state index is 13.1. The monoisotopic (exact) mass is 384 g/mol. The molecule has 9 nitrogen and oxygen atoms in total. The fourth-order valence-corrected chi connectivity index (χ4v) is 3.92. The first kappa shape index (κ1) is 17.6. The predicted octanol–water partition coefficient (Wildman–Crippen LogP) is 1.41. The number of piperidine rings is 1. The van der Waals surface area contributed by atoms with Crippen LogP contribution in [0.5, 0.6) is 0 Å². The van der Waals surface area contributed by atoms with Gasteiger partial charge in [-0.2, -0.15) is 10.1 Å². The Bertz CT molecular complexity index is 1070. The van der Waals surface area contributed by atoms with E-state index in [2.05, 4.69) is 36.9 Å². The molecule has 0 atom stereocenters. The standard InChI is InChI=1S/C17H20N8OS/c1-3-4-10-25-12-13(20-16(25)24-8-6-5-7-9-24)21-17(23(2)14(12)26)27-15-18-11-19-22-15/h11H,5-10H2,1-2H3,(H,18,19,22). The van der Waals surface area contributed by atoms with E-state index in [-0.39, 0.29) is 5.56 Å². The maximum Gasteiger partial charge on any atom is 0.280 e. The van der Waals surface area contributed by atoms with Gasteiger partial charge < -0.3 is 4.90 Å². The zero-order chi connectivity index (χ0) is 18.8. The van der Waals surface area contributed by atoms with Gasteiger partial charge in [-0.15, -0.1) is 5.92 Å². The van der Waals surface area contributed by atoms with Gasteiger partial charge in [-0.25, -0.2) is 9.97 Å². The van der Waals surface area contributed by atoms with Gasteiger partial charge in [0.05, 0.1) is 6.54 Å². The smallest absolute Gasteiger partial charge is 0.280 e. The Morgan fingerprint density at radius 1 is 1.26 bits per heavy atom. The zero-order valence-corrected chi connectivity index (χ0v) is 16.1. The zero-order valence-electron chi connectivity index (χ0n) is 15.3. The first-order valence-corrected chi connectivity index (χ1v) is 9.65. The molecule has 1 aliphatic heterocycles. The van der Waals surface area contributed by atoms with E-state index in [0.29, 0.717) is 28.0 Å². The highest BCUT2D eigenvalue weighted by Crippen LogP contribution is 2.26. The van der Waals surface area contributed by atoms with Crippen molar-refractivity contribution in [3.63, 3.8) is 0 Å². The SMILES string of the molecule is CC#CCn1c(N2CCCCC2)nc2nc(Sc3ncn[nH]3)n(C)c(=O)c21. The van der Waals surface area contributed by atoms with E-state index in [1.807, 2.05) is 4.57 Å². The molecule has 0 saturated carbocycles. The molecule has 0 bridgehead atoms. The van der Waals surface area contributed by atoms with Crippen LogP contribution in [0.4, 0.5) is 5.95 Å². The van der Waals surface area contributed by atoms with Crippen molar-refractivity contribution in [2.24, 2.45) is 7.05 Å². The minimum Gasteiger partial charge on any atom is -0.342 e. The molecule has 0 spiro atoms. The summed E-state index contributed by atoms with van der Waals surface area (Å²) in [6, 6.07) is 0. The van der Waals surface area contributed by atoms with E-state index < -0.39 is 0 Å². The molecule has 1 N–H and O–H groups in total. The highest BCUT2D eigenvalue weighted by molar-refractivity contribution is 7.99. The molecule has 27 heavy (non-hydrogen) atoms. The van der Waals surface area contributed by atoms with Crippen LogP contribution < -0.4 is 10.5 Å². The summed E-state index contributed by atoms with van der Waals surface area (Å²) in [7, 11) is 1.71. The molecule has 1 saturated heterocycles. The molecule has 0 aliphatic carbocycles. The molecule has 4 heterocycles. The number of imidazole rings is 1. The van der Waals surface area contributed by atoms with E-state index in [9.17, 15) is 4.79 Å². The van der Waals surface area contributed by atoms with Crippen LogP contribution in [-0.4, -0.2) is 47.4 Å². The van der Waals surface area contributed by atoms with Gasteiger partial charge in [0.1, 0.15) is 6.33 Å². The number of nitrogens with zero attached hydrogens (tertiary/aromatic N) is 7. The Kier molecular flexibility index (Phi) is 4.85. The number of fused-ring (bicyclic) bond motifs is 1. The molecule has 1 fully saturated rings. The summed E-state index contributed by atoms with van der Waals surface area (Å²) >= 11 is 1.25. The molecular weight excluding hydrogens is 364 g/mol. The Morgan fingerprint density at radius 3 is 2.78 bits per heavy atom. The highest BCUT2D eigenvalue weighted by atomic mass is 32.2. The van der Waals surface area contributed by atoms with Gasteiger partial charge in [0.15, 0.2) is 21.5 Å². The van der Waals surface area contributed by atoms with Gasteiger partial charge in [0, 0.05) is 20.1 Å². The quantitative estimate of drug-likeness (QED) is 0.536. The van der Waals surface area contributed by atoms with E-state index >= 15 is 0 Å². The molecule has 10 heteroatoms. The molecule has 1 aliphatic rings. The minimum atomic E-state index is -0.143. The van der Waals surface area contributed by atoms with Gasteiger partial charge >= 0.3 is 0 Å². The number of aromatic nitrogens is 7. The summed E-state index contributed by atoms with van der Waals surface area (Å²) in [6.45, 7) is 4.08. The number of H-pyrrole nitrogens is 1. The fraction of sp³-hybridized carbons (Fsp3) is 0.471. The van der Waals surface area contributed by atoms with E-state index in [1.165, 1.54) is 29.1 Å². The van der Waals surface area contributed by atoms with Crippen LogP contribution in [0.15, 0.2) is 21.4 Å². The van der Waals surface area contributed by atoms with Gasteiger partial charge in [-0.1, -0.05) is 5.92 Å². The summed E-state index contributed by atoms with van der Waals surface area (Å²) in [5.74, 6) is 6.74. The molecule has 3 aromatic heterocycles. The second-order valence-corrected chi connectivity index (χ2v) is 7.25. The largest absolute Gasteiger partial charge is 0.342 e. The predicted molar refractivity (Wildman–Crippen MR) is 103 cm³/mol. The first-order chi connectivity index (χ1) is 13.2. The van der Waals surface area contributed by atoms with Gasteiger partial charge in [0.25, 0.3) is 5.56 Å². The van der Waals surface area contributed by atoms with E-state index in [0.717, 1.165) is 31.9 Å². The lowest BCUT2D eigenvalue weighted by molar-refractivity contribution is 0.561. The lowest BCUT2D eigenvalue weighted by Gasteiger charge is -2.27. The number of anilines is 1. The van der Waals surface area contributed by atoms with Crippen molar-refractivity contribution in [3.05, 3.63) is 16.7 Å². The average molecular weight is 384 g/mol. The molecule has 0 radical (unpaired) electrons. The summed E-state index contributed by atoms with van der Waals surface area (Å²) in [4.78, 5) is 28.8. The van der Waals surface area contributed by atoms with Crippen LogP contribution in [0.3, 0.4) is 0 Å².